The fraction of sp³-hybridized carbons (Fsp3) is 0.800. The summed E-state index contributed by atoms with van der Waals surface area (Å²) in [6.45, 7) is 6.29. The van der Waals surface area contributed by atoms with Gasteiger partial charge in [0.15, 0.2) is 0 Å². The molecule has 0 amide bonds. The quantitative estimate of drug-likeness (QED) is 0.618. The molecule has 0 aromatic carbocycles. The number of hydrogen-bond acceptors (Lipinski definition) is 2. The van der Waals surface area contributed by atoms with Crippen LogP contribution in [0.3, 0.4) is 0 Å². The molecule has 0 aliphatic carbocycles. The highest BCUT2D eigenvalue weighted by Gasteiger charge is 2.15. The standard InChI is InChI=1S/C10H18N2/c1-3-8-12(4-2)9-10-6-5-7-11-10/h1,10-11H,4-9H2,2H3. The third-order valence-electron chi connectivity index (χ3n) is 2.40. The van der Waals surface area contributed by atoms with Gasteiger partial charge in [0.1, 0.15) is 0 Å². The largest absolute Gasteiger partial charge is 0.313 e. The Morgan fingerprint density at radius 1 is 1.67 bits per heavy atom. The first-order valence-electron chi connectivity index (χ1n) is 4.76. The summed E-state index contributed by atoms with van der Waals surface area (Å²) in [7, 11) is 0. The molecular weight excluding hydrogens is 148 g/mol. The van der Waals surface area contributed by atoms with Crippen molar-refractivity contribution in [3.8, 4) is 12.3 Å². The van der Waals surface area contributed by atoms with Gasteiger partial charge in [-0.15, -0.1) is 6.42 Å². The Hall–Kier alpha value is -0.520. The van der Waals surface area contributed by atoms with Gasteiger partial charge in [-0.1, -0.05) is 12.8 Å². The Labute approximate surface area is 75.3 Å². The van der Waals surface area contributed by atoms with Crippen LogP contribution >= 0.6 is 0 Å². The van der Waals surface area contributed by atoms with Crippen molar-refractivity contribution >= 4 is 0 Å². The second-order valence-corrected chi connectivity index (χ2v) is 3.33. The maximum atomic E-state index is 5.27. The van der Waals surface area contributed by atoms with Crippen LogP contribution in [0.15, 0.2) is 0 Å². The van der Waals surface area contributed by atoms with E-state index in [0.717, 1.165) is 19.6 Å². The first-order valence-corrected chi connectivity index (χ1v) is 4.76. The lowest BCUT2D eigenvalue weighted by atomic mass is 10.2. The Balaban J connectivity index is 2.21. The summed E-state index contributed by atoms with van der Waals surface area (Å²) in [5.41, 5.74) is 0. The highest BCUT2D eigenvalue weighted by Crippen LogP contribution is 2.06. The molecule has 2 nitrogen and oxygen atoms in total. The smallest absolute Gasteiger partial charge is 0.0599 e. The van der Waals surface area contributed by atoms with Crippen molar-refractivity contribution in [3.63, 3.8) is 0 Å². The van der Waals surface area contributed by atoms with Crippen LogP contribution < -0.4 is 5.32 Å². The average molecular weight is 166 g/mol. The fourth-order valence-corrected chi connectivity index (χ4v) is 1.66. The minimum atomic E-state index is 0.679. The lowest BCUT2D eigenvalue weighted by Crippen LogP contribution is -2.37. The molecule has 0 saturated carbocycles. The minimum absolute atomic E-state index is 0.679. The first kappa shape index (κ1) is 9.57. The van der Waals surface area contributed by atoms with Crippen molar-refractivity contribution in [2.75, 3.05) is 26.2 Å². The minimum Gasteiger partial charge on any atom is -0.313 e. The van der Waals surface area contributed by atoms with E-state index in [0.29, 0.717) is 6.04 Å². The lowest BCUT2D eigenvalue weighted by Gasteiger charge is -2.21. The third-order valence-corrected chi connectivity index (χ3v) is 2.40. The third kappa shape index (κ3) is 2.84. The molecule has 12 heavy (non-hydrogen) atoms. The lowest BCUT2D eigenvalue weighted by molar-refractivity contribution is 0.291. The van der Waals surface area contributed by atoms with Gasteiger partial charge in [-0.2, -0.15) is 0 Å². The zero-order valence-electron chi connectivity index (χ0n) is 7.84. The van der Waals surface area contributed by atoms with E-state index in [2.05, 4.69) is 23.1 Å². The van der Waals surface area contributed by atoms with Crippen molar-refractivity contribution in [1.29, 1.82) is 0 Å². The Bertz CT molecular complexity index is 154. The summed E-state index contributed by atoms with van der Waals surface area (Å²) >= 11 is 0. The molecule has 1 rings (SSSR count). The zero-order valence-corrected chi connectivity index (χ0v) is 7.84. The molecule has 1 N–H and O–H groups in total. The van der Waals surface area contributed by atoms with Crippen LogP contribution in [0.25, 0.3) is 0 Å². The van der Waals surface area contributed by atoms with Crippen molar-refractivity contribution < 1.29 is 0 Å². The van der Waals surface area contributed by atoms with Gasteiger partial charge in [-0.3, -0.25) is 4.90 Å². The molecular formula is C10H18N2. The maximum Gasteiger partial charge on any atom is 0.0599 e. The summed E-state index contributed by atoms with van der Waals surface area (Å²) in [5, 5.41) is 3.47. The number of hydrogen-bond donors (Lipinski definition) is 1. The summed E-state index contributed by atoms with van der Waals surface area (Å²) in [5.74, 6) is 2.69. The van der Waals surface area contributed by atoms with E-state index in [9.17, 15) is 0 Å². The summed E-state index contributed by atoms with van der Waals surface area (Å²) in [4.78, 5) is 2.31. The van der Waals surface area contributed by atoms with Crippen LogP contribution in [-0.2, 0) is 0 Å². The molecule has 0 aromatic heterocycles. The molecule has 1 atom stereocenters. The molecule has 1 heterocycles. The van der Waals surface area contributed by atoms with Crippen molar-refractivity contribution in [2.45, 2.75) is 25.8 Å². The predicted molar refractivity (Wildman–Crippen MR) is 52.0 cm³/mol. The number of nitrogens with one attached hydrogen (secondary N) is 1. The van der Waals surface area contributed by atoms with Crippen molar-refractivity contribution in [3.05, 3.63) is 0 Å². The molecule has 1 saturated heterocycles. The Morgan fingerprint density at radius 2 is 2.50 bits per heavy atom. The molecule has 1 aliphatic rings. The highest BCUT2D eigenvalue weighted by molar-refractivity contribution is 4.89. The molecule has 0 spiro atoms. The van der Waals surface area contributed by atoms with E-state index in [-0.39, 0.29) is 0 Å². The van der Waals surface area contributed by atoms with Crippen molar-refractivity contribution in [1.82, 2.24) is 10.2 Å². The number of nitrogens with zero attached hydrogens (tertiary/aromatic N) is 1. The van der Waals surface area contributed by atoms with Gasteiger partial charge in [0, 0.05) is 12.6 Å². The van der Waals surface area contributed by atoms with E-state index >= 15 is 0 Å². The van der Waals surface area contributed by atoms with Crippen LogP contribution in [0.4, 0.5) is 0 Å². The van der Waals surface area contributed by atoms with Crippen LogP contribution in [0.1, 0.15) is 19.8 Å². The zero-order chi connectivity index (χ0) is 8.81. The van der Waals surface area contributed by atoms with Gasteiger partial charge in [0.05, 0.1) is 6.54 Å². The van der Waals surface area contributed by atoms with Crippen LogP contribution in [0.5, 0.6) is 0 Å². The summed E-state index contributed by atoms with van der Waals surface area (Å²) in [6.07, 6.45) is 7.89. The van der Waals surface area contributed by atoms with Gasteiger partial charge in [0.2, 0.25) is 0 Å². The van der Waals surface area contributed by atoms with Crippen molar-refractivity contribution in [2.24, 2.45) is 0 Å². The van der Waals surface area contributed by atoms with E-state index < -0.39 is 0 Å². The molecule has 2 heteroatoms. The van der Waals surface area contributed by atoms with Gasteiger partial charge in [0.25, 0.3) is 0 Å². The highest BCUT2D eigenvalue weighted by atomic mass is 15.1. The topological polar surface area (TPSA) is 15.3 Å². The summed E-state index contributed by atoms with van der Waals surface area (Å²) in [6, 6.07) is 0.679. The van der Waals surface area contributed by atoms with Gasteiger partial charge < -0.3 is 5.32 Å². The molecule has 1 fully saturated rings. The fourth-order valence-electron chi connectivity index (χ4n) is 1.66. The Morgan fingerprint density at radius 3 is 3.00 bits per heavy atom. The van der Waals surface area contributed by atoms with Crippen LogP contribution in [0, 0.1) is 12.3 Å². The number of likely N-dealkylation sites (N-methyl/N-ethyl adjacent to an activating group) is 1. The normalized spacial score (nSPS) is 22.9. The van der Waals surface area contributed by atoms with Gasteiger partial charge in [-0.25, -0.2) is 0 Å². The maximum absolute atomic E-state index is 5.27. The van der Waals surface area contributed by atoms with Gasteiger partial charge in [-0.05, 0) is 25.9 Å². The second-order valence-electron chi connectivity index (χ2n) is 3.33. The van der Waals surface area contributed by atoms with Gasteiger partial charge >= 0.3 is 0 Å². The number of rotatable bonds is 4. The Kier molecular flexibility index (Phi) is 4.13. The molecule has 0 aromatic rings. The van der Waals surface area contributed by atoms with Crippen LogP contribution in [-0.4, -0.2) is 37.1 Å². The molecule has 1 unspecified atom stereocenters. The number of terminal acetylenes is 1. The van der Waals surface area contributed by atoms with E-state index in [1.165, 1.54) is 19.4 Å². The monoisotopic (exact) mass is 166 g/mol. The molecule has 1 aliphatic heterocycles. The molecule has 0 radical (unpaired) electrons. The molecule has 0 bridgehead atoms. The predicted octanol–water partition coefficient (Wildman–Crippen LogP) is 0.694. The molecule has 68 valence electrons. The van der Waals surface area contributed by atoms with E-state index in [4.69, 9.17) is 6.42 Å². The van der Waals surface area contributed by atoms with Crippen LogP contribution in [0.2, 0.25) is 0 Å². The summed E-state index contributed by atoms with van der Waals surface area (Å²) < 4.78 is 0. The SMILES string of the molecule is C#CCN(CC)CC1CCCN1. The first-order chi connectivity index (χ1) is 5.86. The average Bonchev–Trinajstić information content (AvgIpc) is 2.56. The second kappa shape index (κ2) is 5.18. The van der Waals surface area contributed by atoms with E-state index in [1.54, 1.807) is 0 Å². The van der Waals surface area contributed by atoms with E-state index in [1.807, 2.05) is 0 Å².